The van der Waals surface area contributed by atoms with E-state index >= 15 is 0 Å². The molecule has 7 aromatic carbocycles. The van der Waals surface area contributed by atoms with E-state index in [1.165, 1.54) is 31.6 Å². The Bertz CT molecular complexity index is 2860. The Balaban J connectivity index is 1.26. The van der Waals surface area contributed by atoms with Gasteiger partial charge in [-0.3, -0.25) is 0 Å². The molecule has 238 valence electrons. The number of rotatable bonds is 5. The van der Waals surface area contributed by atoms with Gasteiger partial charge in [-0.15, -0.1) is 11.3 Å². The van der Waals surface area contributed by atoms with Crippen molar-refractivity contribution in [3.05, 3.63) is 170 Å². The van der Waals surface area contributed by atoms with Crippen molar-refractivity contribution in [3.63, 3.8) is 0 Å². The molecule has 0 fully saturated rings. The first-order chi connectivity index (χ1) is 25.3. The van der Waals surface area contributed by atoms with Crippen molar-refractivity contribution in [2.75, 3.05) is 0 Å². The maximum atomic E-state index is 5.21. The molecule has 10 aromatic rings. The van der Waals surface area contributed by atoms with Crippen molar-refractivity contribution >= 4 is 53.2 Å². The second-order valence-corrected chi connectivity index (χ2v) is 13.7. The van der Waals surface area contributed by atoms with Gasteiger partial charge in [0, 0.05) is 43.9 Å². The van der Waals surface area contributed by atoms with E-state index in [4.69, 9.17) is 19.9 Å². The molecule has 0 aliphatic heterocycles. The number of thiophene rings is 1. The quantitative estimate of drug-likeness (QED) is 0.171. The van der Waals surface area contributed by atoms with Gasteiger partial charge in [-0.2, -0.15) is 0 Å². The third-order valence-electron chi connectivity index (χ3n) is 9.59. The third-order valence-corrected chi connectivity index (χ3v) is 10.7. The number of hydrogen-bond acceptors (Lipinski definition) is 5. The standard InChI is InChI=1S/C46H28N4S/c1-3-13-29(14-4-1)43-48-44(30-15-5-2-6-16-30)50-45(49-43)40-25-31(33-27-41-38-21-11-12-22-42(38)51-46(41)47-28-33)23-24-37(40)39-26-32-17-7-8-18-34(32)35-19-9-10-20-36(35)39/h1-28H. The summed E-state index contributed by atoms with van der Waals surface area (Å²) in [7, 11) is 0. The zero-order valence-corrected chi connectivity index (χ0v) is 28.2. The lowest BCUT2D eigenvalue weighted by atomic mass is 9.89. The van der Waals surface area contributed by atoms with E-state index in [0.29, 0.717) is 17.5 Å². The van der Waals surface area contributed by atoms with Crippen molar-refractivity contribution < 1.29 is 0 Å². The molecule has 4 nitrogen and oxygen atoms in total. The van der Waals surface area contributed by atoms with Crippen LogP contribution in [0.1, 0.15) is 0 Å². The van der Waals surface area contributed by atoms with Gasteiger partial charge in [0.1, 0.15) is 4.83 Å². The van der Waals surface area contributed by atoms with E-state index in [1.54, 1.807) is 11.3 Å². The Morgan fingerprint density at radius 3 is 1.71 bits per heavy atom. The van der Waals surface area contributed by atoms with Crippen LogP contribution in [0.4, 0.5) is 0 Å². The van der Waals surface area contributed by atoms with Crippen LogP contribution in [0.2, 0.25) is 0 Å². The Hall–Kier alpha value is -6.56. The van der Waals surface area contributed by atoms with Crippen LogP contribution in [0.15, 0.2) is 170 Å². The maximum absolute atomic E-state index is 5.21. The number of aromatic nitrogens is 4. The number of pyridine rings is 1. The van der Waals surface area contributed by atoms with Gasteiger partial charge in [-0.1, -0.05) is 140 Å². The smallest absolute Gasteiger partial charge is 0.164 e. The fraction of sp³-hybridized carbons (Fsp3) is 0. The van der Waals surface area contributed by atoms with Gasteiger partial charge in [0.2, 0.25) is 0 Å². The molecule has 3 heterocycles. The van der Waals surface area contributed by atoms with Crippen LogP contribution in [-0.2, 0) is 0 Å². The van der Waals surface area contributed by atoms with Crippen LogP contribution in [0, 0.1) is 0 Å². The fourth-order valence-electron chi connectivity index (χ4n) is 7.12. The SMILES string of the molecule is c1ccc(-c2nc(-c3ccccc3)nc(-c3cc(-c4cnc5sc6ccccc6c5c4)ccc3-c3cc4ccccc4c4ccccc34)n2)cc1. The monoisotopic (exact) mass is 668 g/mol. The molecule has 0 bridgehead atoms. The van der Waals surface area contributed by atoms with E-state index in [2.05, 4.69) is 103 Å². The molecule has 0 N–H and O–H groups in total. The van der Waals surface area contributed by atoms with Gasteiger partial charge in [0.15, 0.2) is 17.5 Å². The molecular weight excluding hydrogens is 641 g/mol. The van der Waals surface area contributed by atoms with Crippen LogP contribution in [-0.4, -0.2) is 19.9 Å². The topological polar surface area (TPSA) is 51.6 Å². The Morgan fingerprint density at radius 2 is 0.961 bits per heavy atom. The summed E-state index contributed by atoms with van der Waals surface area (Å²) in [5.74, 6) is 1.88. The van der Waals surface area contributed by atoms with E-state index < -0.39 is 0 Å². The molecule has 0 spiro atoms. The average molecular weight is 669 g/mol. The maximum Gasteiger partial charge on any atom is 0.164 e. The molecule has 0 atom stereocenters. The lowest BCUT2D eigenvalue weighted by molar-refractivity contribution is 1.07. The predicted octanol–water partition coefficient (Wildman–Crippen LogP) is 12.3. The fourth-order valence-corrected chi connectivity index (χ4v) is 8.14. The van der Waals surface area contributed by atoms with E-state index in [9.17, 15) is 0 Å². The van der Waals surface area contributed by atoms with Gasteiger partial charge < -0.3 is 0 Å². The summed E-state index contributed by atoms with van der Waals surface area (Å²) in [6, 6.07) is 57.3. The Morgan fingerprint density at radius 1 is 0.353 bits per heavy atom. The van der Waals surface area contributed by atoms with Gasteiger partial charge in [-0.05, 0) is 62.5 Å². The Kier molecular flexibility index (Phi) is 6.96. The number of benzene rings is 7. The van der Waals surface area contributed by atoms with Gasteiger partial charge >= 0.3 is 0 Å². The van der Waals surface area contributed by atoms with Crippen LogP contribution in [0.25, 0.3) is 98.3 Å². The van der Waals surface area contributed by atoms with Crippen LogP contribution < -0.4 is 0 Å². The summed E-state index contributed by atoms with van der Waals surface area (Å²) in [5.41, 5.74) is 7.08. The molecule has 3 aromatic heterocycles. The Labute approximate surface area is 298 Å². The molecule has 0 aliphatic rings. The normalized spacial score (nSPS) is 11.5. The van der Waals surface area contributed by atoms with Crippen molar-refractivity contribution in [3.8, 4) is 56.4 Å². The predicted molar refractivity (Wildman–Crippen MR) is 213 cm³/mol. The van der Waals surface area contributed by atoms with Crippen molar-refractivity contribution in [2.45, 2.75) is 0 Å². The second-order valence-electron chi connectivity index (χ2n) is 12.7. The number of nitrogens with zero attached hydrogens (tertiary/aromatic N) is 4. The first kappa shape index (κ1) is 29.4. The zero-order valence-electron chi connectivity index (χ0n) is 27.4. The average Bonchev–Trinajstić information content (AvgIpc) is 3.59. The van der Waals surface area contributed by atoms with Gasteiger partial charge in [-0.25, -0.2) is 19.9 Å². The molecule has 51 heavy (non-hydrogen) atoms. The highest BCUT2D eigenvalue weighted by molar-refractivity contribution is 7.25. The lowest BCUT2D eigenvalue weighted by Gasteiger charge is -2.16. The summed E-state index contributed by atoms with van der Waals surface area (Å²) in [6.07, 6.45) is 1.99. The highest BCUT2D eigenvalue weighted by atomic mass is 32.1. The largest absolute Gasteiger partial charge is 0.245 e. The second kappa shape index (κ2) is 12.1. The summed E-state index contributed by atoms with van der Waals surface area (Å²) >= 11 is 1.73. The van der Waals surface area contributed by atoms with Gasteiger partial charge in [0.25, 0.3) is 0 Å². The van der Waals surface area contributed by atoms with Crippen LogP contribution in [0.3, 0.4) is 0 Å². The minimum atomic E-state index is 0.617. The molecular formula is C46H28N4S. The van der Waals surface area contributed by atoms with E-state index in [1.807, 2.05) is 66.9 Å². The van der Waals surface area contributed by atoms with Crippen molar-refractivity contribution in [1.29, 1.82) is 0 Å². The van der Waals surface area contributed by atoms with Crippen molar-refractivity contribution in [1.82, 2.24) is 19.9 Å². The van der Waals surface area contributed by atoms with E-state index in [-0.39, 0.29) is 0 Å². The lowest BCUT2D eigenvalue weighted by Crippen LogP contribution is -2.01. The molecule has 0 saturated carbocycles. The highest BCUT2D eigenvalue weighted by Crippen LogP contribution is 2.42. The zero-order chi connectivity index (χ0) is 33.7. The molecule has 0 amide bonds. The molecule has 5 heteroatoms. The molecule has 0 aliphatic carbocycles. The highest BCUT2D eigenvalue weighted by Gasteiger charge is 2.19. The summed E-state index contributed by atoms with van der Waals surface area (Å²) in [5, 5.41) is 7.20. The summed E-state index contributed by atoms with van der Waals surface area (Å²) in [4.78, 5) is 21.4. The molecule has 0 radical (unpaired) electrons. The number of hydrogen-bond donors (Lipinski definition) is 0. The molecule has 10 rings (SSSR count). The van der Waals surface area contributed by atoms with Crippen LogP contribution >= 0.6 is 11.3 Å². The first-order valence-corrected chi connectivity index (χ1v) is 17.8. The van der Waals surface area contributed by atoms with E-state index in [0.717, 1.165) is 49.2 Å². The number of fused-ring (bicyclic) bond motifs is 6. The van der Waals surface area contributed by atoms with Crippen molar-refractivity contribution in [2.24, 2.45) is 0 Å². The third kappa shape index (κ3) is 5.14. The first-order valence-electron chi connectivity index (χ1n) is 17.0. The molecule has 0 unspecified atom stereocenters. The summed E-state index contributed by atoms with van der Waals surface area (Å²) in [6.45, 7) is 0. The summed E-state index contributed by atoms with van der Waals surface area (Å²) < 4.78 is 1.24. The minimum Gasteiger partial charge on any atom is -0.245 e. The minimum absolute atomic E-state index is 0.617. The van der Waals surface area contributed by atoms with Crippen LogP contribution in [0.5, 0.6) is 0 Å². The van der Waals surface area contributed by atoms with Gasteiger partial charge in [0.05, 0.1) is 0 Å². The molecule has 0 saturated heterocycles.